The van der Waals surface area contributed by atoms with Crippen molar-refractivity contribution in [1.29, 1.82) is 0 Å². The van der Waals surface area contributed by atoms with E-state index in [-0.39, 0.29) is 24.7 Å². The van der Waals surface area contributed by atoms with Crippen LogP contribution in [0.5, 0.6) is 0 Å². The summed E-state index contributed by atoms with van der Waals surface area (Å²) in [5, 5.41) is 0.465. The van der Waals surface area contributed by atoms with Crippen molar-refractivity contribution in [3.05, 3.63) is 130 Å². The minimum absolute atomic E-state index is 0.322. The van der Waals surface area contributed by atoms with Crippen molar-refractivity contribution in [2.45, 2.75) is 37.4 Å². The molecule has 0 aliphatic rings. The van der Waals surface area contributed by atoms with Gasteiger partial charge in [0.15, 0.2) is 11.6 Å². The zero-order valence-electron chi connectivity index (χ0n) is 25.4. The number of rotatable bonds is 11. The first-order valence-corrected chi connectivity index (χ1v) is 15.4. The Morgan fingerprint density at radius 3 is 1.31 bits per heavy atom. The number of anilines is 2. The van der Waals surface area contributed by atoms with Crippen LogP contribution < -0.4 is 9.80 Å². The van der Waals surface area contributed by atoms with Crippen LogP contribution in [0.1, 0.15) is 45.7 Å². The molecule has 0 aliphatic carbocycles. The Morgan fingerprint density at radius 1 is 0.556 bits per heavy atom. The molecular weight excluding hydrogens is 631 g/mol. The minimum atomic E-state index is -2.08. The van der Waals surface area contributed by atoms with E-state index in [1.165, 1.54) is 23.6 Å². The first-order valence-electron chi connectivity index (χ1n) is 14.3. The molecule has 6 nitrogen and oxygen atoms in total. The molecule has 0 bridgehead atoms. The van der Waals surface area contributed by atoms with Gasteiger partial charge < -0.3 is 9.80 Å². The second-order valence-electron chi connectivity index (χ2n) is 11.1. The number of carbonyl (C=O) groups is 4. The number of nitrogens with zero attached hydrogens (tertiary/aromatic N) is 2. The summed E-state index contributed by atoms with van der Waals surface area (Å²) in [5.74, 6) is -2.20. The van der Waals surface area contributed by atoms with Gasteiger partial charge in [0.25, 0.3) is 11.8 Å². The number of Topliss-reactive ketones (excluding diaryl/α,β-unsaturated/α-hetero) is 2. The van der Waals surface area contributed by atoms with Crippen LogP contribution in [0.2, 0.25) is 5.02 Å². The van der Waals surface area contributed by atoms with Crippen LogP contribution >= 0.6 is 34.8 Å². The van der Waals surface area contributed by atoms with Crippen LogP contribution in [0.3, 0.4) is 0 Å². The quantitative estimate of drug-likeness (QED) is 0.120. The Bertz CT molecular complexity index is 1720. The lowest BCUT2D eigenvalue weighted by Gasteiger charge is -2.41. The van der Waals surface area contributed by atoms with Crippen molar-refractivity contribution in [2.24, 2.45) is 0 Å². The van der Waals surface area contributed by atoms with Gasteiger partial charge in [-0.3, -0.25) is 19.2 Å². The number of halogens is 3. The van der Waals surface area contributed by atoms with Gasteiger partial charge in [-0.1, -0.05) is 78.3 Å². The van der Waals surface area contributed by atoms with E-state index in [4.69, 9.17) is 34.8 Å². The fourth-order valence-corrected chi connectivity index (χ4v) is 5.40. The first-order chi connectivity index (χ1) is 21.3. The third-order valence-corrected chi connectivity index (χ3v) is 9.28. The van der Waals surface area contributed by atoms with Gasteiger partial charge in [0.05, 0.1) is 13.1 Å². The van der Waals surface area contributed by atoms with Crippen LogP contribution in [0, 0.1) is 13.8 Å². The van der Waals surface area contributed by atoms with E-state index >= 15 is 0 Å². The Hall–Kier alpha value is -3.97. The lowest BCUT2D eigenvalue weighted by molar-refractivity contribution is -0.128. The molecule has 0 saturated heterocycles. The summed E-state index contributed by atoms with van der Waals surface area (Å²) in [6, 6.07) is 29.0. The topological polar surface area (TPSA) is 74.8 Å². The highest BCUT2D eigenvalue weighted by atomic mass is 35.5. The molecule has 4 aromatic rings. The second kappa shape index (κ2) is 14.0. The lowest BCUT2D eigenvalue weighted by atomic mass is 9.89. The maximum Gasteiger partial charge on any atom is 0.250 e. The average molecular weight is 664 g/mol. The van der Waals surface area contributed by atoms with E-state index in [1.807, 2.05) is 19.1 Å². The standard InChI is InChI=1S/C36H33Cl3N2O4/c1-24-12-8-10-16-29(24)40(22-31(42)26-14-6-5-7-15-26)33(44)35(3,38)36(4,39)34(45)41(30-17-11-9-13-25(30)2)23-32(43)27-18-20-28(37)21-19-27/h5-21H,22-23H2,1-4H3. The zero-order chi connectivity index (χ0) is 32.9. The number of hydrogen-bond donors (Lipinski definition) is 0. The molecule has 4 aromatic carbocycles. The lowest BCUT2D eigenvalue weighted by Crippen LogP contribution is -2.62. The molecule has 4 rings (SSSR count). The van der Waals surface area contributed by atoms with Gasteiger partial charge in [-0.15, -0.1) is 23.2 Å². The monoisotopic (exact) mass is 662 g/mol. The normalized spacial score (nSPS) is 13.7. The molecule has 2 atom stereocenters. The molecule has 0 heterocycles. The van der Waals surface area contributed by atoms with E-state index in [9.17, 15) is 19.2 Å². The van der Waals surface area contributed by atoms with Gasteiger partial charge in [0.2, 0.25) is 0 Å². The SMILES string of the molecule is Cc1ccccc1N(CC(=O)c1ccccc1)C(=O)C(C)(Cl)C(C)(Cl)C(=O)N(CC(=O)c1ccc(Cl)cc1)c1ccccc1C. The van der Waals surface area contributed by atoms with Crippen LogP contribution in [0.15, 0.2) is 103 Å². The molecule has 2 amide bonds. The number of aryl methyl sites for hydroxylation is 2. The van der Waals surface area contributed by atoms with Gasteiger partial charge in [0.1, 0.15) is 9.75 Å². The van der Waals surface area contributed by atoms with Crippen molar-refractivity contribution in [1.82, 2.24) is 0 Å². The maximum atomic E-state index is 14.5. The molecule has 0 aromatic heterocycles. The van der Waals surface area contributed by atoms with E-state index in [1.54, 1.807) is 97.9 Å². The molecule has 0 saturated carbocycles. The third-order valence-electron chi connectivity index (χ3n) is 7.85. The van der Waals surface area contributed by atoms with Crippen molar-refractivity contribution in [3.8, 4) is 0 Å². The van der Waals surface area contributed by atoms with E-state index in [0.29, 0.717) is 33.1 Å². The number of ketones is 2. The molecule has 9 heteroatoms. The summed E-state index contributed by atoms with van der Waals surface area (Å²) in [5.41, 5.74) is 3.07. The fraction of sp³-hybridized carbons (Fsp3) is 0.222. The molecule has 0 aliphatic heterocycles. The number of alkyl halides is 2. The smallest absolute Gasteiger partial charge is 0.250 e. The summed E-state index contributed by atoms with van der Waals surface area (Å²) in [6.45, 7) is 5.61. The zero-order valence-corrected chi connectivity index (χ0v) is 27.7. The summed E-state index contributed by atoms with van der Waals surface area (Å²) in [4.78, 5) is 54.1. The highest BCUT2D eigenvalue weighted by molar-refractivity contribution is 6.50. The van der Waals surface area contributed by atoms with Gasteiger partial charge in [-0.2, -0.15) is 0 Å². The van der Waals surface area contributed by atoms with Crippen molar-refractivity contribution < 1.29 is 19.2 Å². The van der Waals surface area contributed by atoms with Gasteiger partial charge in [0, 0.05) is 27.5 Å². The predicted molar refractivity (Wildman–Crippen MR) is 182 cm³/mol. The number of amides is 2. The predicted octanol–water partition coefficient (Wildman–Crippen LogP) is 8.08. The van der Waals surface area contributed by atoms with Crippen molar-refractivity contribution >= 4 is 69.6 Å². The van der Waals surface area contributed by atoms with Gasteiger partial charge in [-0.25, -0.2) is 0 Å². The molecule has 45 heavy (non-hydrogen) atoms. The van der Waals surface area contributed by atoms with Crippen LogP contribution in [-0.2, 0) is 9.59 Å². The Kier molecular flexibility index (Phi) is 10.5. The molecule has 232 valence electrons. The Labute approximate surface area is 278 Å². The summed E-state index contributed by atoms with van der Waals surface area (Å²) < 4.78 is 0. The van der Waals surface area contributed by atoms with Crippen LogP contribution in [0.4, 0.5) is 11.4 Å². The molecule has 0 N–H and O–H groups in total. The third kappa shape index (κ3) is 7.30. The molecular formula is C36H33Cl3N2O4. The van der Waals surface area contributed by atoms with Gasteiger partial charge >= 0.3 is 0 Å². The molecule has 0 spiro atoms. The van der Waals surface area contributed by atoms with Crippen LogP contribution in [0.25, 0.3) is 0 Å². The molecule has 2 unspecified atom stereocenters. The molecule has 0 fully saturated rings. The summed E-state index contributed by atoms with van der Waals surface area (Å²) in [6.07, 6.45) is 0. The second-order valence-corrected chi connectivity index (χ2v) is 13.0. The van der Waals surface area contributed by atoms with Gasteiger partial charge in [-0.05, 0) is 75.2 Å². The van der Waals surface area contributed by atoms with E-state index in [2.05, 4.69) is 0 Å². The minimum Gasteiger partial charge on any atom is -0.303 e. The summed E-state index contributed by atoms with van der Waals surface area (Å²) >= 11 is 20.1. The van der Waals surface area contributed by atoms with Crippen molar-refractivity contribution in [2.75, 3.05) is 22.9 Å². The largest absolute Gasteiger partial charge is 0.303 e. The maximum absolute atomic E-state index is 14.5. The van der Waals surface area contributed by atoms with E-state index in [0.717, 1.165) is 5.56 Å². The van der Waals surface area contributed by atoms with Crippen molar-refractivity contribution in [3.63, 3.8) is 0 Å². The van der Waals surface area contributed by atoms with E-state index < -0.39 is 21.6 Å². The Morgan fingerprint density at radius 2 is 0.911 bits per heavy atom. The number of hydrogen-bond acceptors (Lipinski definition) is 4. The highest BCUT2D eigenvalue weighted by Gasteiger charge is 2.56. The number of carbonyl (C=O) groups excluding carboxylic acids is 4. The fourth-order valence-electron chi connectivity index (χ4n) is 4.90. The summed E-state index contributed by atoms with van der Waals surface area (Å²) in [7, 11) is 0. The average Bonchev–Trinajstić information content (AvgIpc) is 3.03. The number of benzene rings is 4. The number of para-hydroxylation sites is 2. The van der Waals surface area contributed by atoms with Crippen LogP contribution in [-0.4, -0.2) is 46.2 Å². The highest BCUT2D eigenvalue weighted by Crippen LogP contribution is 2.41. The molecule has 0 radical (unpaired) electrons. The first kappa shape index (κ1) is 33.9. The Balaban J connectivity index is 1.74.